The van der Waals surface area contributed by atoms with Crippen molar-refractivity contribution in [2.45, 2.75) is 11.3 Å². The summed E-state index contributed by atoms with van der Waals surface area (Å²) in [5.41, 5.74) is 1.22. The van der Waals surface area contributed by atoms with Crippen LogP contribution < -0.4 is 24.2 Å². The van der Waals surface area contributed by atoms with Crippen LogP contribution in [0.5, 0.6) is 17.2 Å². The highest BCUT2D eigenvalue weighted by atomic mass is 35.5. The first-order chi connectivity index (χ1) is 15.8. The third kappa shape index (κ3) is 5.88. The van der Waals surface area contributed by atoms with Crippen LogP contribution in [0.1, 0.15) is 5.56 Å². The molecule has 0 aromatic heterocycles. The molecule has 0 fully saturated rings. The molecule has 3 rings (SSSR count). The fourth-order valence-electron chi connectivity index (χ4n) is 3.09. The second-order valence-electron chi connectivity index (χ2n) is 6.87. The van der Waals surface area contributed by atoms with E-state index in [1.165, 1.54) is 33.5 Å². The van der Waals surface area contributed by atoms with Crippen molar-refractivity contribution >= 4 is 38.9 Å². The first-order valence-corrected chi connectivity index (χ1v) is 11.6. The predicted molar refractivity (Wildman–Crippen MR) is 127 cm³/mol. The first-order valence-electron chi connectivity index (χ1n) is 9.73. The van der Waals surface area contributed by atoms with Crippen LogP contribution in [0, 0.1) is 0 Å². The summed E-state index contributed by atoms with van der Waals surface area (Å²) in [7, 11) is 0.346. The lowest BCUT2D eigenvalue weighted by Crippen LogP contribution is -2.17. The van der Waals surface area contributed by atoms with Crippen LogP contribution in [0.15, 0.2) is 65.6 Å². The smallest absolute Gasteiger partial charge is 0.265 e. The molecule has 3 aromatic carbocycles. The molecule has 0 saturated heterocycles. The van der Waals surface area contributed by atoms with Crippen LogP contribution in [0.4, 0.5) is 11.4 Å². The molecule has 0 spiro atoms. The van der Waals surface area contributed by atoms with Crippen molar-refractivity contribution in [3.05, 3.63) is 71.2 Å². The maximum Gasteiger partial charge on any atom is 0.265 e. The Bertz CT molecular complexity index is 1260. The van der Waals surface area contributed by atoms with Crippen molar-refractivity contribution in [2.24, 2.45) is 0 Å². The number of hydrogen-bond donors (Lipinski definition) is 2. The standard InChI is InChI=1S/C23H23ClN2O6S/c1-30-19-10-8-15(12-21(19)32-3)13-23(27)25-16-9-11-20(31-2)22(14-16)33(28,29)26-18-7-5-4-6-17(18)24/h4-12,14,26H,13H2,1-3H3,(H,25,27). The van der Waals surface area contributed by atoms with Gasteiger partial charge in [-0.1, -0.05) is 29.8 Å². The van der Waals surface area contributed by atoms with Gasteiger partial charge in [-0.2, -0.15) is 0 Å². The van der Waals surface area contributed by atoms with Gasteiger partial charge < -0.3 is 19.5 Å². The van der Waals surface area contributed by atoms with E-state index in [0.29, 0.717) is 22.7 Å². The van der Waals surface area contributed by atoms with Crippen molar-refractivity contribution in [3.8, 4) is 17.2 Å². The van der Waals surface area contributed by atoms with Crippen molar-refractivity contribution in [3.63, 3.8) is 0 Å². The number of ether oxygens (including phenoxy) is 3. The predicted octanol–water partition coefficient (Wildman–Crippen LogP) is 4.35. The molecular weight excluding hydrogens is 468 g/mol. The summed E-state index contributed by atoms with van der Waals surface area (Å²) in [4.78, 5) is 12.4. The van der Waals surface area contributed by atoms with Crippen LogP contribution in [-0.2, 0) is 21.2 Å². The summed E-state index contributed by atoms with van der Waals surface area (Å²) in [5.74, 6) is 0.839. The lowest BCUT2D eigenvalue weighted by atomic mass is 10.1. The zero-order chi connectivity index (χ0) is 24.0. The summed E-state index contributed by atoms with van der Waals surface area (Å²) in [5, 5.41) is 2.96. The molecule has 33 heavy (non-hydrogen) atoms. The largest absolute Gasteiger partial charge is 0.495 e. The molecule has 174 valence electrons. The second kappa shape index (κ2) is 10.5. The summed E-state index contributed by atoms with van der Waals surface area (Å²) in [6.07, 6.45) is 0.0480. The highest BCUT2D eigenvalue weighted by Gasteiger charge is 2.22. The lowest BCUT2D eigenvalue weighted by molar-refractivity contribution is -0.115. The van der Waals surface area contributed by atoms with Crippen LogP contribution in [0.25, 0.3) is 0 Å². The van der Waals surface area contributed by atoms with E-state index in [0.717, 1.165) is 0 Å². The number of rotatable bonds is 9. The average molecular weight is 491 g/mol. The molecule has 0 aliphatic heterocycles. The van der Waals surface area contributed by atoms with Gasteiger partial charge >= 0.3 is 0 Å². The maximum atomic E-state index is 13.0. The van der Waals surface area contributed by atoms with E-state index in [4.69, 9.17) is 25.8 Å². The number of carbonyl (C=O) groups is 1. The monoisotopic (exact) mass is 490 g/mol. The fourth-order valence-corrected chi connectivity index (χ4v) is 4.60. The van der Waals surface area contributed by atoms with Gasteiger partial charge in [-0.15, -0.1) is 0 Å². The van der Waals surface area contributed by atoms with Gasteiger partial charge in [0, 0.05) is 5.69 Å². The Balaban J connectivity index is 1.82. The molecule has 2 N–H and O–H groups in total. The number of halogens is 1. The lowest BCUT2D eigenvalue weighted by Gasteiger charge is -2.14. The van der Waals surface area contributed by atoms with Gasteiger partial charge in [0.1, 0.15) is 10.6 Å². The van der Waals surface area contributed by atoms with Crippen molar-refractivity contribution < 1.29 is 27.4 Å². The van der Waals surface area contributed by atoms with Crippen molar-refractivity contribution in [2.75, 3.05) is 31.4 Å². The Hall–Kier alpha value is -3.43. The summed E-state index contributed by atoms with van der Waals surface area (Å²) in [6.45, 7) is 0. The molecule has 0 aliphatic rings. The van der Waals surface area contributed by atoms with E-state index in [2.05, 4.69) is 10.0 Å². The zero-order valence-electron chi connectivity index (χ0n) is 18.2. The van der Waals surface area contributed by atoms with Gasteiger partial charge in [0.05, 0.1) is 38.5 Å². The van der Waals surface area contributed by atoms with Crippen LogP contribution in [-0.4, -0.2) is 35.7 Å². The number of hydrogen-bond acceptors (Lipinski definition) is 6. The first kappa shape index (κ1) is 24.2. The molecular formula is C23H23ClN2O6S. The minimum atomic E-state index is -4.05. The molecule has 1 amide bonds. The Morgan fingerprint density at radius 2 is 1.55 bits per heavy atom. The van der Waals surface area contributed by atoms with Crippen LogP contribution in [0.2, 0.25) is 5.02 Å². The highest BCUT2D eigenvalue weighted by Crippen LogP contribution is 2.31. The minimum Gasteiger partial charge on any atom is -0.495 e. The topological polar surface area (TPSA) is 103 Å². The van der Waals surface area contributed by atoms with Crippen LogP contribution in [0.3, 0.4) is 0 Å². The minimum absolute atomic E-state index is 0.0480. The normalized spacial score (nSPS) is 10.9. The molecule has 0 atom stereocenters. The maximum absolute atomic E-state index is 13.0. The van der Waals surface area contributed by atoms with Gasteiger partial charge in [0.25, 0.3) is 10.0 Å². The van der Waals surface area contributed by atoms with E-state index in [1.54, 1.807) is 48.5 Å². The number of carbonyl (C=O) groups excluding carboxylic acids is 1. The van der Waals surface area contributed by atoms with E-state index in [-0.39, 0.29) is 33.7 Å². The molecule has 0 heterocycles. The molecule has 10 heteroatoms. The molecule has 0 saturated carbocycles. The Labute approximate surface area is 197 Å². The number of anilines is 2. The number of methoxy groups -OCH3 is 3. The Morgan fingerprint density at radius 3 is 2.21 bits per heavy atom. The molecule has 0 bridgehead atoms. The number of nitrogens with one attached hydrogen (secondary N) is 2. The fraction of sp³-hybridized carbons (Fsp3) is 0.174. The third-order valence-electron chi connectivity index (χ3n) is 4.67. The quantitative estimate of drug-likeness (QED) is 0.462. The Morgan fingerprint density at radius 1 is 0.879 bits per heavy atom. The van der Waals surface area contributed by atoms with Gasteiger partial charge in [0.15, 0.2) is 11.5 Å². The van der Waals surface area contributed by atoms with E-state index >= 15 is 0 Å². The third-order valence-corrected chi connectivity index (χ3v) is 6.38. The van der Waals surface area contributed by atoms with Gasteiger partial charge in [-0.25, -0.2) is 8.42 Å². The average Bonchev–Trinajstić information content (AvgIpc) is 2.80. The second-order valence-corrected chi connectivity index (χ2v) is 8.92. The summed E-state index contributed by atoms with van der Waals surface area (Å²) < 4.78 is 44.1. The van der Waals surface area contributed by atoms with E-state index < -0.39 is 10.0 Å². The van der Waals surface area contributed by atoms with Crippen molar-refractivity contribution in [1.29, 1.82) is 0 Å². The van der Waals surface area contributed by atoms with Gasteiger partial charge in [0.2, 0.25) is 5.91 Å². The Kier molecular flexibility index (Phi) is 7.67. The van der Waals surface area contributed by atoms with Gasteiger partial charge in [-0.05, 0) is 48.0 Å². The summed E-state index contributed by atoms with van der Waals surface area (Å²) in [6, 6.07) is 16.0. The number of sulfonamides is 1. The van der Waals surface area contributed by atoms with Gasteiger partial charge in [-0.3, -0.25) is 9.52 Å². The zero-order valence-corrected chi connectivity index (χ0v) is 19.8. The number of amides is 1. The van der Waals surface area contributed by atoms with E-state index in [1.807, 2.05) is 0 Å². The molecule has 3 aromatic rings. The highest BCUT2D eigenvalue weighted by molar-refractivity contribution is 7.92. The van der Waals surface area contributed by atoms with Crippen LogP contribution >= 0.6 is 11.6 Å². The molecule has 0 unspecified atom stereocenters. The van der Waals surface area contributed by atoms with E-state index in [9.17, 15) is 13.2 Å². The molecule has 0 aliphatic carbocycles. The summed E-state index contributed by atoms with van der Waals surface area (Å²) >= 11 is 6.08. The number of para-hydroxylation sites is 1. The van der Waals surface area contributed by atoms with Crippen molar-refractivity contribution in [1.82, 2.24) is 0 Å². The number of benzene rings is 3. The molecule has 8 nitrogen and oxygen atoms in total. The SMILES string of the molecule is COc1ccc(CC(=O)Nc2ccc(OC)c(S(=O)(=O)Nc3ccccc3Cl)c2)cc1OC. The molecule has 0 radical (unpaired) electrons.